The minimum absolute atomic E-state index is 0.0276. The molecule has 3 rings (SSSR count). The van der Waals surface area contributed by atoms with Gasteiger partial charge in [0.25, 0.3) is 5.56 Å². The van der Waals surface area contributed by atoms with Crippen LogP contribution in [0.5, 0.6) is 0 Å². The summed E-state index contributed by atoms with van der Waals surface area (Å²) in [5.74, 6) is -2.56. The maximum atomic E-state index is 14.7. The molecule has 2 heterocycles. The molecule has 0 spiro atoms. The summed E-state index contributed by atoms with van der Waals surface area (Å²) >= 11 is 1.09. The van der Waals surface area contributed by atoms with Crippen molar-refractivity contribution in [1.29, 1.82) is 5.26 Å². The highest BCUT2D eigenvalue weighted by Crippen LogP contribution is 2.41. The quantitative estimate of drug-likeness (QED) is 0.397. The Hall–Kier alpha value is -3.58. The van der Waals surface area contributed by atoms with Crippen molar-refractivity contribution < 1.29 is 18.7 Å². The van der Waals surface area contributed by atoms with Crippen molar-refractivity contribution in [2.75, 3.05) is 12.4 Å². The van der Waals surface area contributed by atoms with E-state index in [1.54, 1.807) is 19.9 Å². The first-order valence-corrected chi connectivity index (χ1v) is 10.3. The molecule has 1 aliphatic heterocycles. The van der Waals surface area contributed by atoms with E-state index in [1.165, 1.54) is 24.3 Å². The number of nitrogens with zero attached hydrogens (tertiary/aromatic N) is 2. The Morgan fingerprint density at radius 3 is 2.84 bits per heavy atom. The number of allylic oxidation sites excluding steroid dienone is 1. The maximum absolute atomic E-state index is 14.7. The Morgan fingerprint density at radius 1 is 1.45 bits per heavy atom. The largest absolute Gasteiger partial charge is 0.463 e. The highest BCUT2D eigenvalue weighted by Gasteiger charge is 2.38. The minimum atomic E-state index is -1.10. The monoisotopic (exact) mass is 442 g/mol. The van der Waals surface area contributed by atoms with Crippen molar-refractivity contribution in [1.82, 2.24) is 9.97 Å². The van der Waals surface area contributed by atoms with Gasteiger partial charge < -0.3 is 20.2 Å². The Kier molecular flexibility index (Phi) is 6.77. The van der Waals surface area contributed by atoms with Crippen molar-refractivity contribution in [3.05, 3.63) is 80.5 Å². The number of nitriles is 1. The molecule has 0 saturated carbocycles. The minimum Gasteiger partial charge on any atom is -0.463 e. The second-order valence-corrected chi connectivity index (χ2v) is 7.45. The number of aryl methyl sites for hydroxylation is 1. The summed E-state index contributed by atoms with van der Waals surface area (Å²) in [4.78, 5) is 31.4. The number of benzene rings is 1. The van der Waals surface area contributed by atoms with Crippen LogP contribution in [0.4, 0.5) is 4.39 Å². The molecule has 1 aromatic heterocycles. The maximum Gasteiger partial charge on any atom is 0.338 e. The number of nitrogens with two attached hydrogens (primary N) is 1. The van der Waals surface area contributed by atoms with Crippen LogP contribution in [0.2, 0.25) is 0 Å². The van der Waals surface area contributed by atoms with Crippen LogP contribution in [0.25, 0.3) is 0 Å². The van der Waals surface area contributed by atoms with E-state index in [0.717, 1.165) is 11.8 Å². The summed E-state index contributed by atoms with van der Waals surface area (Å²) < 4.78 is 25.4. The zero-order valence-corrected chi connectivity index (χ0v) is 17.6. The number of thioether (sulfide) groups is 1. The molecular weight excluding hydrogens is 423 g/mol. The van der Waals surface area contributed by atoms with Gasteiger partial charge in [-0.25, -0.2) is 14.2 Å². The molecule has 0 bridgehead atoms. The van der Waals surface area contributed by atoms with Gasteiger partial charge in [-0.05, 0) is 19.9 Å². The third-order valence-corrected chi connectivity index (χ3v) is 5.27. The molecule has 8 nitrogen and oxygen atoms in total. The molecule has 31 heavy (non-hydrogen) atoms. The normalized spacial score (nSPS) is 16.0. The molecule has 0 amide bonds. The zero-order valence-electron chi connectivity index (χ0n) is 16.8. The van der Waals surface area contributed by atoms with Crippen LogP contribution in [0.15, 0.2) is 63.1 Å². The number of ether oxygens (including phenoxy) is 2. The van der Waals surface area contributed by atoms with Crippen LogP contribution in [0, 0.1) is 24.1 Å². The Bertz CT molecular complexity index is 1180. The number of nitrogens with one attached hydrogen (secondary N) is 1. The molecule has 0 aliphatic carbocycles. The fourth-order valence-corrected chi connectivity index (χ4v) is 4.00. The molecule has 1 atom stereocenters. The molecule has 0 radical (unpaired) electrons. The summed E-state index contributed by atoms with van der Waals surface area (Å²) in [5, 5.41) is 9.95. The van der Waals surface area contributed by atoms with Gasteiger partial charge in [0.15, 0.2) is 5.16 Å². The number of carbonyl (C=O) groups excluding carboxylic acids is 1. The van der Waals surface area contributed by atoms with Crippen molar-refractivity contribution in [3.8, 4) is 6.07 Å². The van der Waals surface area contributed by atoms with Crippen LogP contribution < -0.4 is 11.3 Å². The van der Waals surface area contributed by atoms with E-state index in [1.807, 2.05) is 6.07 Å². The van der Waals surface area contributed by atoms with E-state index in [0.29, 0.717) is 10.9 Å². The van der Waals surface area contributed by atoms with Gasteiger partial charge in [-0.2, -0.15) is 5.26 Å². The first-order chi connectivity index (χ1) is 14.8. The topological polar surface area (TPSA) is 131 Å². The number of hydrogen-bond donors (Lipinski definition) is 2. The number of aromatic amines is 1. The van der Waals surface area contributed by atoms with E-state index in [9.17, 15) is 19.2 Å². The molecule has 0 unspecified atom stereocenters. The molecule has 160 valence electrons. The summed E-state index contributed by atoms with van der Waals surface area (Å²) in [6, 6.07) is 9.06. The molecule has 10 heteroatoms. The Labute approximate surface area is 181 Å². The SMILES string of the molecule is CCOC(=O)C1=C(CSc2nc(C)cc(=O)[nH]2)OC(N)=C(C#N)[C@H]1c1ccccc1F. The third kappa shape index (κ3) is 4.78. The lowest BCUT2D eigenvalue weighted by atomic mass is 9.83. The van der Waals surface area contributed by atoms with E-state index < -0.39 is 17.7 Å². The van der Waals surface area contributed by atoms with E-state index in [-0.39, 0.29) is 46.3 Å². The van der Waals surface area contributed by atoms with Crippen LogP contribution >= 0.6 is 11.8 Å². The van der Waals surface area contributed by atoms with E-state index in [4.69, 9.17) is 15.2 Å². The number of aromatic nitrogens is 2. The fraction of sp³-hybridized carbons (Fsp3) is 0.238. The van der Waals surface area contributed by atoms with E-state index >= 15 is 0 Å². The standard InChI is InChI=1S/C21H19FN4O4S/c1-3-29-20(28)18-15(10-31-21-25-11(2)8-16(27)26-21)30-19(24)13(9-23)17(18)12-6-4-5-7-14(12)22/h4-8,17H,3,10,24H2,1-2H3,(H,25,26,27)/t17-/m1/s1. The van der Waals surface area contributed by atoms with Gasteiger partial charge in [-0.15, -0.1) is 0 Å². The number of H-pyrrole nitrogens is 1. The third-order valence-electron chi connectivity index (χ3n) is 4.40. The van der Waals surface area contributed by atoms with Crippen molar-refractivity contribution in [3.63, 3.8) is 0 Å². The fourth-order valence-electron chi connectivity index (χ4n) is 3.13. The lowest BCUT2D eigenvalue weighted by Gasteiger charge is -2.28. The second-order valence-electron chi connectivity index (χ2n) is 6.48. The van der Waals surface area contributed by atoms with Gasteiger partial charge in [0.1, 0.15) is 23.2 Å². The molecular formula is C21H19FN4O4S. The van der Waals surface area contributed by atoms with Crippen LogP contribution in [0.1, 0.15) is 24.1 Å². The number of rotatable bonds is 6. The van der Waals surface area contributed by atoms with Gasteiger partial charge in [0.2, 0.25) is 5.88 Å². The zero-order chi connectivity index (χ0) is 22.5. The average molecular weight is 442 g/mol. The first-order valence-electron chi connectivity index (χ1n) is 9.28. The van der Waals surface area contributed by atoms with Crippen molar-refractivity contribution in [2.45, 2.75) is 24.9 Å². The van der Waals surface area contributed by atoms with Crippen LogP contribution in [-0.4, -0.2) is 28.3 Å². The molecule has 1 aromatic carbocycles. The molecule has 0 saturated heterocycles. The predicted octanol–water partition coefficient (Wildman–Crippen LogP) is 2.63. The number of halogens is 1. The Morgan fingerprint density at radius 2 is 2.19 bits per heavy atom. The summed E-state index contributed by atoms with van der Waals surface area (Å²) in [7, 11) is 0. The number of carbonyl (C=O) groups is 1. The lowest BCUT2D eigenvalue weighted by molar-refractivity contribution is -0.139. The van der Waals surface area contributed by atoms with Crippen LogP contribution in [-0.2, 0) is 14.3 Å². The van der Waals surface area contributed by atoms with Gasteiger partial charge in [0.05, 0.1) is 23.9 Å². The van der Waals surface area contributed by atoms with Crippen LogP contribution in [0.3, 0.4) is 0 Å². The molecule has 2 aromatic rings. The molecule has 3 N–H and O–H groups in total. The highest BCUT2D eigenvalue weighted by atomic mass is 32.2. The van der Waals surface area contributed by atoms with Gasteiger partial charge in [0, 0.05) is 17.3 Å². The predicted molar refractivity (Wildman–Crippen MR) is 111 cm³/mol. The summed E-state index contributed by atoms with van der Waals surface area (Å²) in [5.41, 5.74) is 6.12. The van der Waals surface area contributed by atoms with E-state index in [2.05, 4.69) is 9.97 Å². The smallest absolute Gasteiger partial charge is 0.338 e. The average Bonchev–Trinajstić information content (AvgIpc) is 2.71. The molecule has 1 aliphatic rings. The summed E-state index contributed by atoms with van der Waals surface area (Å²) in [6.07, 6.45) is 0. The van der Waals surface area contributed by atoms with Gasteiger partial charge in [-0.3, -0.25) is 4.79 Å². The first kappa shape index (κ1) is 22.1. The number of esters is 1. The number of hydrogen-bond acceptors (Lipinski definition) is 8. The lowest BCUT2D eigenvalue weighted by Crippen LogP contribution is -2.27. The van der Waals surface area contributed by atoms with Gasteiger partial charge >= 0.3 is 5.97 Å². The highest BCUT2D eigenvalue weighted by molar-refractivity contribution is 7.99. The second kappa shape index (κ2) is 9.49. The van der Waals surface area contributed by atoms with Gasteiger partial charge in [-0.1, -0.05) is 30.0 Å². The molecule has 0 fully saturated rings. The van der Waals surface area contributed by atoms with Crippen molar-refractivity contribution >= 4 is 17.7 Å². The Balaban J connectivity index is 2.10. The van der Waals surface area contributed by atoms with Crippen molar-refractivity contribution in [2.24, 2.45) is 5.73 Å². The summed E-state index contributed by atoms with van der Waals surface area (Å²) in [6.45, 7) is 3.37.